The summed E-state index contributed by atoms with van der Waals surface area (Å²) in [4.78, 5) is 0. The first-order valence-corrected chi connectivity index (χ1v) is 6.64. The Balaban J connectivity index is 2.01. The van der Waals surface area contributed by atoms with E-state index in [4.69, 9.17) is 16.3 Å². The maximum atomic E-state index is 13.9. The van der Waals surface area contributed by atoms with Crippen LogP contribution in [0.15, 0.2) is 18.2 Å². The fourth-order valence-corrected chi connectivity index (χ4v) is 3.39. The van der Waals surface area contributed by atoms with Crippen LogP contribution in [-0.4, -0.2) is 17.3 Å². The Kier molecular flexibility index (Phi) is 3.01. The molecule has 0 amide bonds. The van der Waals surface area contributed by atoms with Gasteiger partial charge in [-0.3, -0.25) is 0 Å². The molecule has 2 aliphatic heterocycles. The van der Waals surface area contributed by atoms with Crippen LogP contribution in [0.3, 0.4) is 0 Å². The molecule has 3 nitrogen and oxygen atoms in total. The van der Waals surface area contributed by atoms with Gasteiger partial charge in [0.1, 0.15) is 17.3 Å². The molecule has 3 rings (SSSR count). The zero-order chi connectivity index (χ0) is 13.6. The number of hydrogen-bond acceptors (Lipinski definition) is 3. The SMILES string of the molecule is N#CC1(C(O)c2cc(Cl)ccc2F)CC2CCC1O2. The summed E-state index contributed by atoms with van der Waals surface area (Å²) < 4.78 is 19.5. The van der Waals surface area contributed by atoms with Crippen LogP contribution >= 0.6 is 11.6 Å². The van der Waals surface area contributed by atoms with Crippen LogP contribution in [0.2, 0.25) is 5.02 Å². The van der Waals surface area contributed by atoms with E-state index in [0.717, 1.165) is 12.8 Å². The average molecular weight is 282 g/mol. The predicted molar refractivity (Wildman–Crippen MR) is 66.9 cm³/mol. The lowest BCUT2D eigenvalue weighted by Gasteiger charge is -2.33. The molecule has 19 heavy (non-hydrogen) atoms. The number of aliphatic hydroxyl groups is 1. The molecule has 0 saturated carbocycles. The average Bonchev–Trinajstić information content (AvgIpc) is 3.01. The third-order valence-corrected chi connectivity index (χ3v) is 4.43. The lowest BCUT2D eigenvalue weighted by molar-refractivity contribution is 0.00173. The molecule has 4 unspecified atom stereocenters. The van der Waals surface area contributed by atoms with Gasteiger partial charge in [0.25, 0.3) is 0 Å². The van der Waals surface area contributed by atoms with Gasteiger partial charge in [-0.25, -0.2) is 4.39 Å². The first-order valence-electron chi connectivity index (χ1n) is 6.26. The summed E-state index contributed by atoms with van der Waals surface area (Å²) in [6, 6.07) is 6.18. The highest BCUT2D eigenvalue weighted by Gasteiger charge is 2.57. The van der Waals surface area contributed by atoms with Crippen molar-refractivity contribution in [3.63, 3.8) is 0 Å². The molecule has 2 heterocycles. The molecule has 0 radical (unpaired) electrons. The zero-order valence-electron chi connectivity index (χ0n) is 10.1. The van der Waals surface area contributed by atoms with E-state index in [-0.39, 0.29) is 17.8 Å². The summed E-state index contributed by atoms with van der Waals surface area (Å²) in [6.07, 6.45) is 0.543. The molecule has 2 bridgehead atoms. The number of hydrogen-bond donors (Lipinski definition) is 1. The molecule has 1 aromatic rings. The number of rotatable bonds is 2. The van der Waals surface area contributed by atoms with Crippen LogP contribution in [0, 0.1) is 22.6 Å². The highest BCUT2D eigenvalue weighted by Crippen LogP contribution is 2.54. The third-order valence-electron chi connectivity index (χ3n) is 4.20. The van der Waals surface area contributed by atoms with Gasteiger partial charge in [-0.1, -0.05) is 11.6 Å². The monoisotopic (exact) mass is 281 g/mol. The Bertz CT molecular complexity index is 559. The largest absolute Gasteiger partial charge is 0.387 e. The number of benzene rings is 1. The van der Waals surface area contributed by atoms with Gasteiger partial charge in [0, 0.05) is 10.6 Å². The van der Waals surface area contributed by atoms with Gasteiger partial charge in [-0.05, 0) is 37.5 Å². The zero-order valence-corrected chi connectivity index (χ0v) is 10.9. The van der Waals surface area contributed by atoms with E-state index >= 15 is 0 Å². The van der Waals surface area contributed by atoms with Crippen molar-refractivity contribution in [3.8, 4) is 6.07 Å². The van der Waals surface area contributed by atoms with E-state index in [2.05, 4.69) is 6.07 Å². The normalized spacial score (nSPS) is 34.2. The highest BCUT2D eigenvalue weighted by molar-refractivity contribution is 6.30. The smallest absolute Gasteiger partial charge is 0.129 e. The minimum atomic E-state index is -1.22. The predicted octanol–water partition coefficient (Wildman–Crippen LogP) is 2.97. The summed E-state index contributed by atoms with van der Waals surface area (Å²) in [5, 5.41) is 20.3. The quantitative estimate of drug-likeness (QED) is 0.907. The topological polar surface area (TPSA) is 53.2 Å². The Hall–Kier alpha value is -1.15. The van der Waals surface area contributed by atoms with Crippen LogP contribution in [0.5, 0.6) is 0 Å². The molecule has 0 aromatic heterocycles. The summed E-state index contributed by atoms with van der Waals surface area (Å²) >= 11 is 5.84. The number of fused-ring (bicyclic) bond motifs is 2. The van der Waals surface area contributed by atoms with Gasteiger partial charge in [0.2, 0.25) is 0 Å². The van der Waals surface area contributed by atoms with Crippen LogP contribution in [0.4, 0.5) is 4.39 Å². The van der Waals surface area contributed by atoms with E-state index in [1.54, 1.807) is 0 Å². The molecule has 4 atom stereocenters. The van der Waals surface area contributed by atoms with Gasteiger partial charge in [-0.2, -0.15) is 5.26 Å². The fourth-order valence-electron chi connectivity index (χ4n) is 3.21. The minimum Gasteiger partial charge on any atom is -0.387 e. The molecule has 5 heteroatoms. The van der Waals surface area contributed by atoms with Crippen LogP contribution in [0.25, 0.3) is 0 Å². The Morgan fingerprint density at radius 1 is 1.53 bits per heavy atom. The summed E-state index contributed by atoms with van der Waals surface area (Å²) in [7, 11) is 0. The van der Waals surface area contributed by atoms with Gasteiger partial charge in [-0.15, -0.1) is 0 Å². The second kappa shape index (κ2) is 4.45. The van der Waals surface area contributed by atoms with Crippen molar-refractivity contribution >= 4 is 11.6 Å². The summed E-state index contributed by atoms with van der Waals surface area (Å²) in [6.45, 7) is 0. The lowest BCUT2D eigenvalue weighted by atomic mass is 9.69. The molecule has 1 aromatic carbocycles. The molecule has 0 aliphatic carbocycles. The van der Waals surface area contributed by atoms with Crippen molar-refractivity contribution in [3.05, 3.63) is 34.6 Å². The fraction of sp³-hybridized carbons (Fsp3) is 0.500. The Morgan fingerprint density at radius 2 is 2.32 bits per heavy atom. The van der Waals surface area contributed by atoms with Crippen molar-refractivity contribution < 1.29 is 14.2 Å². The minimum absolute atomic E-state index is 0.00143. The van der Waals surface area contributed by atoms with Gasteiger partial charge in [0.15, 0.2) is 0 Å². The second-order valence-corrected chi connectivity index (χ2v) is 5.69. The first-order chi connectivity index (χ1) is 9.06. The summed E-state index contributed by atoms with van der Waals surface area (Å²) in [5.41, 5.74) is -0.987. The molecule has 100 valence electrons. The van der Waals surface area contributed by atoms with Crippen molar-refractivity contribution in [1.29, 1.82) is 5.26 Å². The maximum Gasteiger partial charge on any atom is 0.129 e. The Labute approximate surface area is 115 Å². The standard InChI is InChI=1S/C14H13ClFNO2/c15-8-1-3-11(16)10(5-8)13(18)14(7-17)6-9-2-4-12(14)19-9/h1,3,5,9,12-13,18H,2,4,6H2. The third kappa shape index (κ3) is 1.85. The van der Waals surface area contributed by atoms with E-state index in [0.29, 0.717) is 11.4 Å². The van der Waals surface area contributed by atoms with E-state index < -0.39 is 17.3 Å². The lowest BCUT2D eigenvalue weighted by Crippen LogP contribution is -2.37. The highest BCUT2D eigenvalue weighted by atomic mass is 35.5. The number of nitrogens with zero attached hydrogens (tertiary/aromatic N) is 1. The van der Waals surface area contributed by atoms with Crippen molar-refractivity contribution in [2.45, 2.75) is 37.6 Å². The van der Waals surface area contributed by atoms with E-state index in [9.17, 15) is 14.8 Å². The second-order valence-electron chi connectivity index (χ2n) is 5.25. The number of nitriles is 1. The maximum absolute atomic E-state index is 13.9. The molecule has 2 saturated heterocycles. The van der Waals surface area contributed by atoms with Gasteiger partial charge in [0.05, 0.1) is 18.3 Å². The van der Waals surface area contributed by atoms with Crippen molar-refractivity contribution in [1.82, 2.24) is 0 Å². The Morgan fingerprint density at radius 3 is 2.89 bits per heavy atom. The van der Waals surface area contributed by atoms with Crippen molar-refractivity contribution in [2.75, 3.05) is 0 Å². The molecule has 2 fully saturated rings. The van der Waals surface area contributed by atoms with Gasteiger partial charge < -0.3 is 9.84 Å². The molecule has 1 N–H and O–H groups in total. The van der Waals surface area contributed by atoms with E-state index in [1.807, 2.05) is 0 Å². The summed E-state index contributed by atoms with van der Waals surface area (Å²) in [5.74, 6) is -0.547. The van der Waals surface area contributed by atoms with Crippen molar-refractivity contribution in [2.24, 2.45) is 5.41 Å². The first kappa shape index (κ1) is 12.9. The molecule has 2 aliphatic rings. The van der Waals surface area contributed by atoms with Gasteiger partial charge >= 0.3 is 0 Å². The van der Waals surface area contributed by atoms with Crippen LogP contribution in [-0.2, 0) is 4.74 Å². The molecular weight excluding hydrogens is 269 g/mol. The van der Waals surface area contributed by atoms with E-state index in [1.165, 1.54) is 18.2 Å². The van der Waals surface area contributed by atoms with Crippen LogP contribution < -0.4 is 0 Å². The molecule has 0 spiro atoms. The number of aliphatic hydroxyl groups excluding tert-OH is 1. The van der Waals surface area contributed by atoms with Crippen LogP contribution in [0.1, 0.15) is 30.9 Å². The number of halogens is 2. The molecular formula is C14H13ClFNO2. The number of ether oxygens (including phenoxy) is 1.